The maximum absolute atomic E-state index is 13.6. The normalized spacial score (nSPS) is 11.1. The average Bonchev–Trinajstić information content (AvgIpc) is 2.79. The van der Waals surface area contributed by atoms with Crippen molar-refractivity contribution in [1.29, 1.82) is 0 Å². The molecule has 0 aliphatic rings. The minimum Gasteiger partial charge on any atom is -0.463 e. The number of rotatable bonds is 17. The van der Waals surface area contributed by atoms with Gasteiger partial charge in [-0.1, -0.05) is 25.3 Å². The SMILES string of the molecule is C=CC(=O)OCCCCCOP(=O)(OCCCCCOC(=O)C=C)c1cccc(C)c1C. The van der Waals surface area contributed by atoms with Gasteiger partial charge in [-0.15, -0.1) is 0 Å². The van der Waals surface area contributed by atoms with Gasteiger partial charge in [0, 0.05) is 12.2 Å². The summed E-state index contributed by atoms with van der Waals surface area (Å²) in [6.45, 7) is 11.8. The topological polar surface area (TPSA) is 88.1 Å². The van der Waals surface area contributed by atoms with Gasteiger partial charge in [-0.25, -0.2) is 9.59 Å². The highest BCUT2D eigenvalue weighted by Crippen LogP contribution is 2.48. The molecule has 0 aromatic heterocycles. The van der Waals surface area contributed by atoms with E-state index < -0.39 is 19.5 Å². The predicted molar refractivity (Wildman–Crippen MR) is 125 cm³/mol. The van der Waals surface area contributed by atoms with Crippen LogP contribution in [-0.4, -0.2) is 38.4 Å². The number of unbranched alkanes of at least 4 members (excludes halogenated alkanes) is 4. The van der Waals surface area contributed by atoms with Crippen LogP contribution < -0.4 is 5.30 Å². The highest BCUT2D eigenvalue weighted by molar-refractivity contribution is 7.62. The van der Waals surface area contributed by atoms with E-state index >= 15 is 0 Å². The van der Waals surface area contributed by atoms with Crippen molar-refractivity contribution in [2.75, 3.05) is 26.4 Å². The molecule has 0 aliphatic heterocycles. The summed E-state index contributed by atoms with van der Waals surface area (Å²) < 4.78 is 35.1. The van der Waals surface area contributed by atoms with Gasteiger partial charge >= 0.3 is 19.5 Å². The van der Waals surface area contributed by atoms with Crippen LogP contribution in [-0.2, 0) is 32.7 Å². The van der Waals surface area contributed by atoms with Crippen LogP contribution in [0.3, 0.4) is 0 Å². The van der Waals surface area contributed by atoms with E-state index in [0.717, 1.165) is 36.1 Å². The largest absolute Gasteiger partial charge is 0.463 e. The van der Waals surface area contributed by atoms with E-state index in [-0.39, 0.29) is 13.2 Å². The first kappa shape index (κ1) is 27.8. The molecule has 0 amide bonds. The molecule has 1 rings (SSSR count). The summed E-state index contributed by atoms with van der Waals surface area (Å²) in [6.07, 6.45) is 6.50. The van der Waals surface area contributed by atoms with Gasteiger partial charge in [0.25, 0.3) is 0 Å². The van der Waals surface area contributed by atoms with Gasteiger partial charge in [-0.3, -0.25) is 4.57 Å². The fourth-order valence-corrected chi connectivity index (χ4v) is 4.75. The molecular formula is C24H35O7P. The first-order chi connectivity index (χ1) is 15.3. The third-order valence-electron chi connectivity index (χ3n) is 4.79. The number of hydrogen-bond acceptors (Lipinski definition) is 7. The molecule has 0 N–H and O–H groups in total. The van der Waals surface area contributed by atoms with E-state index in [1.807, 2.05) is 26.0 Å². The van der Waals surface area contributed by atoms with Crippen molar-refractivity contribution in [3.63, 3.8) is 0 Å². The number of carbonyl (C=O) groups excluding carboxylic acids is 2. The molecule has 0 bridgehead atoms. The Bertz CT molecular complexity index is 766. The predicted octanol–water partition coefficient (Wildman–Crippen LogP) is 4.95. The van der Waals surface area contributed by atoms with E-state index in [1.54, 1.807) is 6.07 Å². The second-order valence-corrected chi connectivity index (χ2v) is 9.24. The molecular weight excluding hydrogens is 431 g/mol. The molecule has 0 unspecified atom stereocenters. The highest BCUT2D eigenvalue weighted by Gasteiger charge is 2.29. The molecule has 7 nitrogen and oxygen atoms in total. The van der Waals surface area contributed by atoms with Gasteiger partial charge in [-0.2, -0.15) is 0 Å². The quantitative estimate of drug-likeness (QED) is 0.139. The lowest BCUT2D eigenvalue weighted by Gasteiger charge is -2.21. The number of benzene rings is 1. The maximum Gasteiger partial charge on any atom is 0.361 e. The summed E-state index contributed by atoms with van der Waals surface area (Å²) in [7, 11) is -3.49. The molecule has 0 saturated carbocycles. The fourth-order valence-electron chi connectivity index (χ4n) is 2.80. The van der Waals surface area contributed by atoms with Crippen LogP contribution in [0.4, 0.5) is 0 Å². The molecule has 0 radical (unpaired) electrons. The van der Waals surface area contributed by atoms with E-state index in [4.69, 9.17) is 18.5 Å². The lowest BCUT2D eigenvalue weighted by molar-refractivity contribution is -0.138. The Morgan fingerprint density at radius 3 is 1.75 bits per heavy atom. The number of hydrogen-bond donors (Lipinski definition) is 0. The lowest BCUT2D eigenvalue weighted by Crippen LogP contribution is -2.16. The maximum atomic E-state index is 13.6. The molecule has 0 aliphatic carbocycles. The van der Waals surface area contributed by atoms with Crippen LogP contribution in [0.1, 0.15) is 49.7 Å². The average molecular weight is 467 g/mol. The van der Waals surface area contributed by atoms with E-state index in [1.165, 1.54) is 0 Å². The van der Waals surface area contributed by atoms with Gasteiger partial charge in [0.2, 0.25) is 0 Å². The molecule has 0 atom stereocenters. The van der Waals surface area contributed by atoms with Crippen molar-refractivity contribution in [3.05, 3.63) is 54.6 Å². The number of aryl methyl sites for hydroxylation is 1. The first-order valence-corrected chi connectivity index (χ1v) is 12.4. The van der Waals surface area contributed by atoms with Crippen molar-refractivity contribution >= 4 is 24.8 Å². The van der Waals surface area contributed by atoms with Gasteiger partial charge in [-0.05, 0) is 69.6 Å². The molecule has 0 fully saturated rings. The monoisotopic (exact) mass is 466 g/mol. The van der Waals surface area contributed by atoms with Gasteiger partial charge in [0.05, 0.1) is 31.7 Å². The van der Waals surface area contributed by atoms with Crippen LogP contribution in [0.2, 0.25) is 0 Å². The Morgan fingerprint density at radius 1 is 0.812 bits per heavy atom. The van der Waals surface area contributed by atoms with Crippen molar-refractivity contribution in [3.8, 4) is 0 Å². The Morgan fingerprint density at radius 2 is 1.28 bits per heavy atom. The van der Waals surface area contributed by atoms with Crippen LogP contribution in [0.5, 0.6) is 0 Å². The zero-order chi connectivity index (χ0) is 23.8. The third kappa shape index (κ3) is 10.4. The van der Waals surface area contributed by atoms with Crippen LogP contribution in [0.25, 0.3) is 0 Å². The summed E-state index contributed by atoms with van der Waals surface area (Å²) in [4.78, 5) is 22.1. The van der Waals surface area contributed by atoms with Crippen molar-refractivity contribution in [2.45, 2.75) is 52.4 Å². The molecule has 1 aromatic carbocycles. The van der Waals surface area contributed by atoms with Crippen molar-refractivity contribution in [1.82, 2.24) is 0 Å². The lowest BCUT2D eigenvalue weighted by atomic mass is 10.1. The zero-order valence-corrected chi connectivity index (χ0v) is 20.1. The minimum atomic E-state index is -3.49. The number of carbonyl (C=O) groups is 2. The number of esters is 2. The summed E-state index contributed by atoms with van der Waals surface area (Å²) >= 11 is 0. The van der Waals surface area contributed by atoms with Crippen molar-refractivity contribution in [2.24, 2.45) is 0 Å². The van der Waals surface area contributed by atoms with Gasteiger partial charge in [0.15, 0.2) is 0 Å². The summed E-state index contributed by atoms with van der Waals surface area (Å²) in [5, 5.41) is 0.581. The molecule has 0 saturated heterocycles. The van der Waals surface area contributed by atoms with Gasteiger partial charge < -0.3 is 18.5 Å². The van der Waals surface area contributed by atoms with Crippen LogP contribution in [0.15, 0.2) is 43.5 Å². The Balaban J connectivity index is 2.53. The molecule has 0 spiro atoms. The number of ether oxygens (including phenoxy) is 2. The smallest absolute Gasteiger partial charge is 0.361 e. The Hall–Kier alpha value is -2.21. The Kier molecular flexibility index (Phi) is 13.5. The second kappa shape index (κ2) is 15.6. The summed E-state index contributed by atoms with van der Waals surface area (Å²) in [6, 6.07) is 5.59. The molecule has 1 aromatic rings. The minimum absolute atomic E-state index is 0.275. The zero-order valence-electron chi connectivity index (χ0n) is 19.2. The second-order valence-electron chi connectivity index (χ2n) is 7.25. The Labute approximate surface area is 191 Å². The van der Waals surface area contributed by atoms with Gasteiger partial charge in [0.1, 0.15) is 0 Å². The molecule has 8 heteroatoms. The highest BCUT2D eigenvalue weighted by atomic mass is 31.2. The van der Waals surface area contributed by atoms with E-state index in [0.29, 0.717) is 44.2 Å². The van der Waals surface area contributed by atoms with Crippen LogP contribution >= 0.6 is 7.60 Å². The van der Waals surface area contributed by atoms with E-state index in [2.05, 4.69) is 13.2 Å². The summed E-state index contributed by atoms with van der Waals surface area (Å²) in [5.41, 5.74) is 1.91. The fraction of sp³-hybridized carbons (Fsp3) is 0.500. The standard InChI is InChI=1S/C24H35O7P/c1-5-23(25)28-16-9-7-11-18-30-32(27,22-15-13-14-20(3)21(22)4)31-19-12-8-10-17-29-24(26)6-2/h5-6,13-15H,1-2,7-12,16-19H2,3-4H3. The first-order valence-electron chi connectivity index (χ1n) is 10.9. The molecule has 0 heterocycles. The van der Waals surface area contributed by atoms with E-state index in [9.17, 15) is 14.2 Å². The van der Waals surface area contributed by atoms with Crippen molar-refractivity contribution < 1.29 is 32.7 Å². The molecule has 178 valence electrons. The third-order valence-corrected chi connectivity index (χ3v) is 6.91. The summed E-state index contributed by atoms with van der Waals surface area (Å²) in [5.74, 6) is -0.874. The van der Waals surface area contributed by atoms with Crippen LogP contribution in [0, 0.1) is 13.8 Å². The molecule has 32 heavy (non-hydrogen) atoms.